The van der Waals surface area contributed by atoms with Gasteiger partial charge in [-0.15, -0.1) is 0 Å². The number of hydrogen-bond donors (Lipinski definition) is 0. The monoisotopic (exact) mass is 374 g/mol. The third kappa shape index (κ3) is 3.84. The van der Waals surface area contributed by atoms with Gasteiger partial charge in [0.05, 0.1) is 26.3 Å². The summed E-state index contributed by atoms with van der Waals surface area (Å²) >= 11 is 0. The molecule has 8 heteroatoms. The van der Waals surface area contributed by atoms with Crippen molar-refractivity contribution in [3.8, 4) is 11.5 Å². The number of carbonyl (C=O) groups is 1. The lowest BCUT2D eigenvalue weighted by Gasteiger charge is -2.37. The maximum Gasteiger partial charge on any atom is 0.409 e. The number of nitrogens with zero attached hydrogens (tertiary/aromatic N) is 4. The topological polar surface area (TPSA) is 77.0 Å². The summed E-state index contributed by atoms with van der Waals surface area (Å²) in [5.74, 6) is 2.17. The van der Waals surface area contributed by atoms with Crippen molar-refractivity contribution in [3.05, 3.63) is 18.5 Å². The third-order valence-electron chi connectivity index (χ3n) is 4.99. The van der Waals surface area contributed by atoms with Gasteiger partial charge in [-0.05, 0) is 25.8 Å². The van der Waals surface area contributed by atoms with Crippen LogP contribution in [0.3, 0.4) is 0 Å². The summed E-state index contributed by atoms with van der Waals surface area (Å²) in [5, 5.41) is 0.923. The molecule has 0 unspecified atom stereocenters. The van der Waals surface area contributed by atoms with Gasteiger partial charge in [-0.25, -0.2) is 14.8 Å². The molecule has 1 aliphatic rings. The molecule has 0 N–H and O–H groups in total. The zero-order chi connectivity index (χ0) is 19.4. The predicted molar refractivity (Wildman–Crippen MR) is 103 cm³/mol. The van der Waals surface area contributed by atoms with Crippen LogP contribution in [0.4, 0.5) is 10.6 Å². The fourth-order valence-electron chi connectivity index (χ4n) is 3.46. The van der Waals surface area contributed by atoms with Crippen LogP contribution < -0.4 is 14.4 Å². The van der Waals surface area contributed by atoms with E-state index in [1.807, 2.05) is 19.1 Å². The van der Waals surface area contributed by atoms with Gasteiger partial charge in [-0.2, -0.15) is 0 Å². The molecule has 146 valence electrons. The highest BCUT2D eigenvalue weighted by Gasteiger charge is 2.27. The van der Waals surface area contributed by atoms with Crippen molar-refractivity contribution < 1.29 is 19.0 Å². The molecule has 1 aliphatic heterocycles. The van der Waals surface area contributed by atoms with Crippen LogP contribution >= 0.6 is 0 Å². The highest BCUT2D eigenvalue weighted by Crippen LogP contribution is 2.35. The van der Waals surface area contributed by atoms with Crippen molar-refractivity contribution >= 4 is 22.8 Å². The lowest BCUT2D eigenvalue weighted by Crippen LogP contribution is -2.46. The molecule has 27 heavy (non-hydrogen) atoms. The molecule has 1 amide bonds. The van der Waals surface area contributed by atoms with Crippen LogP contribution in [0, 0.1) is 0 Å². The molecule has 8 nitrogen and oxygen atoms in total. The Hall–Kier alpha value is -2.77. The summed E-state index contributed by atoms with van der Waals surface area (Å²) in [5.41, 5.74) is 0.809. The van der Waals surface area contributed by atoms with Crippen molar-refractivity contribution in [1.82, 2.24) is 14.9 Å². The Bertz CT molecular complexity index is 806. The molecule has 3 rings (SSSR count). The second kappa shape index (κ2) is 8.28. The molecule has 1 aromatic heterocycles. The first-order chi connectivity index (χ1) is 13.1. The van der Waals surface area contributed by atoms with E-state index in [0.717, 1.165) is 42.7 Å². The minimum Gasteiger partial charge on any atom is -0.493 e. The number of hydrogen-bond acceptors (Lipinski definition) is 7. The molecular weight excluding hydrogens is 348 g/mol. The second-order valence-corrected chi connectivity index (χ2v) is 6.45. The van der Waals surface area contributed by atoms with Crippen LogP contribution in [0.15, 0.2) is 18.5 Å². The average molecular weight is 374 g/mol. The molecule has 0 bridgehead atoms. The lowest BCUT2D eigenvalue weighted by molar-refractivity contribution is 0.0962. The number of ether oxygens (including phenoxy) is 3. The first-order valence-electron chi connectivity index (χ1n) is 9.10. The van der Waals surface area contributed by atoms with E-state index in [1.54, 1.807) is 32.5 Å². The number of fused-ring (bicyclic) bond motifs is 1. The van der Waals surface area contributed by atoms with E-state index < -0.39 is 0 Å². The van der Waals surface area contributed by atoms with Gasteiger partial charge >= 0.3 is 6.09 Å². The summed E-state index contributed by atoms with van der Waals surface area (Å²) in [4.78, 5) is 24.7. The number of methoxy groups -OCH3 is 2. The molecule has 2 heterocycles. The van der Waals surface area contributed by atoms with Crippen molar-refractivity contribution in [3.63, 3.8) is 0 Å². The minimum atomic E-state index is -0.264. The normalized spacial score (nSPS) is 14.9. The van der Waals surface area contributed by atoms with E-state index in [2.05, 4.69) is 14.9 Å². The first kappa shape index (κ1) is 19.0. The highest BCUT2D eigenvalue weighted by atomic mass is 16.6. The summed E-state index contributed by atoms with van der Waals surface area (Å²) in [7, 11) is 5.02. The van der Waals surface area contributed by atoms with Crippen LogP contribution in [-0.2, 0) is 4.74 Å². The standard InChI is InChI=1S/C19H26N4O4/c1-5-27-19(24)22(2)13-6-8-23(9-7-13)18-14-10-16(25-3)17(26-4)11-15(14)20-12-21-18/h10-13H,5-9H2,1-4H3. The van der Waals surface area contributed by atoms with E-state index in [1.165, 1.54) is 0 Å². The molecule has 1 saturated heterocycles. The molecule has 1 fully saturated rings. The quantitative estimate of drug-likeness (QED) is 0.796. The smallest absolute Gasteiger partial charge is 0.409 e. The van der Waals surface area contributed by atoms with Gasteiger partial charge in [0.2, 0.25) is 0 Å². The Labute approximate surface area is 159 Å². The maximum absolute atomic E-state index is 11.9. The van der Waals surface area contributed by atoms with E-state index in [0.29, 0.717) is 18.1 Å². The number of piperidine rings is 1. The largest absolute Gasteiger partial charge is 0.493 e. The third-order valence-corrected chi connectivity index (χ3v) is 4.99. The number of rotatable bonds is 5. The molecule has 0 atom stereocenters. The molecule has 0 radical (unpaired) electrons. The Morgan fingerprint density at radius 1 is 1.19 bits per heavy atom. The summed E-state index contributed by atoms with van der Waals surface area (Å²) in [6, 6.07) is 3.95. The minimum absolute atomic E-state index is 0.169. The van der Waals surface area contributed by atoms with E-state index in [-0.39, 0.29) is 12.1 Å². The Balaban J connectivity index is 1.80. The van der Waals surface area contributed by atoms with Crippen molar-refractivity contribution in [1.29, 1.82) is 0 Å². The Kier molecular flexibility index (Phi) is 5.83. The zero-order valence-electron chi connectivity index (χ0n) is 16.3. The molecule has 0 saturated carbocycles. The van der Waals surface area contributed by atoms with Crippen molar-refractivity contribution in [2.45, 2.75) is 25.8 Å². The lowest BCUT2D eigenvalue weighted by atomic mass is 10.0. The van der Waals surface area contributed by atoms with Crippen molar-refractivity contribution in [2.75, 3.05) is 45.9 Å². The Morgan fingerprint density at radius 3 is 2.48 bits per heavy atom. The highest BCUT2D eigenvalue weighted by molar-refractivity contribution is 5.92. The fraction of sp³-hybridized carbons (Fsp3) is 0.526. The number of amides is 1. The molecule has 0 spiro atoms. The van der Waals surface area contributed by atoms with Gasteiger partial charge in [0.15, 0.2) is 11.5 Å². The van der Waals surface area contributed by atoms with E-state index in [9.17, 15) is 4.79 Å². The average Bonchev–Trinajstić information content (AvgIpc) is 2.72. The van der Waals surface area contributed by atoms with Crippen LogP contribution in [0.5, 0.6) is 11.5 Å². The molecule has 2 aromatic rings. The van der Waals surface area contributed by atoms with E-state index in [4.69, 9.17) is 14.2 Å². The number of benzene rings is 1. The summed E-state index contributed by atoms with van der Waals surface area (Å²) in [6.45, 7) is 3.81. The number of anilines is 1. The second-order valence-electron chi connectivity index (χ2n) is 6.45. The molecule has 1 aromatic carbocycles. The van der Waals surface area contributed by atoms with Crippen LogP contribution in [-0.4, -0.2) is 68.0 Å². The SMILES string of the molecule is CCOC(=O)N(C)C1CCN(c2ncnc3cc(OC)c(OC)cc23)CC1. The summed E-state index contributed by atoms with van der Waals surface area (Å²) < 4.78 is 15.9. The van der Waals surface area contributed by atoms with Gasteiger partial charge in [0, 0.05) is 37.6 Å². The van der Waals surface area contributed by atoms with E-state index >= 15 is 0 Å². The van der Waals surface area contributed by atoms with Crippen LogP contribution in [0.1, 0.15) is 19.8 Å². The van der Waals surface area contributed by atoms with Gasteiger partial charge in [-0.3, -0.25) is 0 Å². The van der Waals surface area contributed by atoms with Gasteiger partial charge < -0.3 is 24.0 Å². The zero-order valence-corrected chi connectivity index (χ0v) is 16.3. The fourth-order valence-corrected chi connectivity index (χ4v) is 3.46. The van der Waals surface area contributed by atoms with Crippen molar-refractivity contribution in [2.24, 2.45) is 0 Å². The van der Waals surface area contributed by atoms with Gasteiger partial charge in [0.25, 0.3) is 0 Å². The van der Waals surface area contributed by atoms with Crippen LogP contribution in [0.25, 0.3) is 10.9 Å². The Morgan fingerprint density at radius 2 is 1.85 bits per heavy atom. The van der Waals surface area contributed by atoms with Gasteiger partial charge in [0.1, 0.15) is 12.1 Å². The number of carbonyl (C=O) groups excluding carboxylic acids is 1. The molecule has 0 aliphatic carbocycles. The number of aromatic nitrogens is 2. The summed E-state index contributed by atoms with van der Waals surface area (Å²) in [6.07, 6.45) is 3.02. The maximum atomic E-state index is 11.9. The van der Waals surface area contributed by atoms with Gasteiger partial charge in [-0.1, -0.05) is 0 Å². The van der Waals surface area contributed by atoms with Crippen LogP contribution in [0.2, 0.25) is 0 Å². The predicted octanol–water partition coefficient (Wildman–Crippen LogP) is 2.70. The molecular formula is C19H26N4O4. The first-order valence-corrected chi connectivity index (χ1v) is 9.10.